The van der Waals surface area contributed by atoms with Crippen LogP contribution in [0.1, 0.15) is 11.1 Å². The molecule has 120 valence electrons. The topological polar surface area (TPSA) is 47.6 Å². The van der Waals surface area contributed by atoms with E-state index >= 15 is 0 Å². The van der Waals surface area contributed by atoms with Gasteiger partial charge in [-0.15, -0.1) is 0 Å². The lowest BCUT2D eigenvalue weighted by atomic mass is 10.2. The minimum Gasteiger partial charge on any atom is -0.489 e. The summed E-state index contributed by atoms with van der Waals surface area (Å²) in [7, 11) is 1.60. The van der Waals surface area contributed by atoms with Crippen LogP contribution in [0.15, 0.2) is 60.7 Å². The smallest absolute Gasteiger partial charge is 0.244 e. The van der Waals surface area contributed by atoms with Gasteiger partial charge in [-0.05, 0) is 29.3 Å². The average molecular weight is 311 g/mol. The van der Waals surface area contributed by atoms with Crippen molar-refractivity contribution in [2.75, 3.05) is 20.3 Å². The van der Waals surface area contributed by atoms with Crippen molar-refractivity contribution in [3.63, 3.8) is 0 Å². The van der Waals surface area contributed by atoms with E-state index in [1.807, 2.05) is 54.6 Å². The molecule has 23 heavy (non-hydrogen) atoms. The number of benzene rings is 2. The van der Waals surface area contributed by atoms with Crippen LogP contribution in [0.2, 0.25) is 0 Å². The molecule has 0 unspecified atom stereocenters. The van der Waals surface area contributed by atoms with Gasteiger partial charge in [-0.25, -0.2) is 0 Å². The summed E-state index contributed by atoms with van der Waals surface area (Å²) in [6.07, 6.45) is 3.28. The summed E-state index contributed by atoms with van der Waals surface area (Å²) < 4.78 is 10.6. The van der Waals surface area contributed by atoms with E-state index in [1.54, 1.807) is 13.2 Å². The van der Waals surface area contributed by atoms with Gasteiger partial charge >= 0.3 is 0 Å². The summed E-state index contributed by atoms with van der Waals surface area (Å²) in [4.78, 5) is 11.5. The van der Waals surface area contributed by atoms with E-state index in [-0.39, 0.29) is 5.91 Å². The van der Waals surface area contributed by atoms with Crippen LogP contribution in [-0.2, 0) is 16.1 Å². The maximum absolute atomic E-state index is 11.5. The number of amides is 1. The fraction of sp³-hybridized carbons (Fsp3) is 0.211. The first kappa shape index (κ1) is 16.8. The zero-order valence-electron chi connectivity index (χ0n) is 13.2. The third-order valence-corrected chi connectivity index (χ3v) is 3.16. The van der Waals surface area contributed by atoms with Crippen LogP contribution in [0, 0.1) is 0 Å². The van der Waals surface area contributed by atoms with E-state index in [4.69, 9.17) is 9.47 Å². The van der Waals surface area contributed by atoms with Gasteiger partial charge in [0.1, 0.15) is 12.4 Å². The van der Waals surface area contributed by atoms with Crippen LogP contribution >= 0.6 is 0 Å². The van der Waals surface area contributed by atoms with Crippen molar-refractivity contribution < 1.29 is 14.3 Å². The van der Waals surface area contributed by atoms with Crippen molar-refractivity contribution in [3.05, 3.63) is 71.8 Å². The second kappa shape index (κ2) is 9.43. The Kier molecular flexibility index (Phi) is 6.88. The first-order chi connectivity index (χ1) is 11.3. The van der Waals surface area contributed by atoms with Crippen molar-refractivity contribution in [1.29, 1.82) is 0 Å². The molecule has 0 atom stereocenters. The van der Waals surface area contributed by atoms with E-state index in [2.05, 4.69) is 5.32 Å². The molecular weight excluding hydrogens is 290 g/mol. The van der Waals surface area contributed by atoms with Crippen LogP contribution in [0.4, 0.5) is 0 Å². The summed E-state index contributed by atoms with van der Waals surface area (Å²) in [6.45, 7) is 1.55. The molecule has 4 heteroatoms. The van der Waals surface area contributed by atoms with Crippen molar-refractivity contribution >= 4 is 12.0 Å². The van der Waals surface area contributed by atoms with Crippen LogP contribution in [0.25, 0.3) is 6.08 Å². The fourth-order valence-electron chi connectivity index (χ4n) is 1.92. The molecule has 1 N–H and O–H groups in total. The van der Waals surface area contributed by atoms with Crippen molar-refractivity contribution in [1.82, 2.24) is 5.32 Å². The molecule has 0 radical (unpaired) electrons. The largest absolute Gasteiger partial charge is 0.489 e. The second-order valence-corrected chi connectivity index (χ2v) is 4.96. The number of hydrogen-bond donors (Lipinski definition) is 1. The highest BCUT2D eigenvalue weighted by Crippen LogP contribution is 2.15. The predicted octanol–water partition coefficient (Wildman–Crippen LogP) is 3.04. The highest BCUT2D eigenvalue weighted by molar-refractivity contribution is 5.91. The Morgan fingerprint density at radius 1 is 1.09 bits per heavy atom. The first-order valence-corrected chi connectivity index (χ1v) is 7.49. The first-order valence-electron chi connectivity index (χ1n) is 7.49. The number of ether oxygens (including phenoxy) is 2. The summed E-state index contributed by atoms with van der Waals surface area (Å²) in [6, 6.07) is 17.6. The molecule has 0 heterocycles. The summed E-state index contributed by atoms with van der Waals surface area (Å²) >= 11 is 0. The molecule has 2 aromatic rings. The molecule has 2 aromatic carbocycles. The molecule has 0 aliphatic rings. The van der Waals surface area contributed by atoms with Gasteiger partial charge in [-0.3, -0.25) is 4.79 Å². The van der Waals surface area contributed by atoms with Gasteiger partial charge in [0.05, 0.1) is 6.61 Å². The number of hydrogen-bond acceptors (Lipinski definition) is 3. The Hall–Kier alpha value is -2.59. The fourth-order valence-corrected chi connectivity index (χ4v) is 1.92. The van der Waals surface area contributed by atoms with Gasteiger partial charge in [0.2, 0.25) is 5.91 Å². The zero-order valence-corrected chi connectivity index (χ0v) is 13.2. The number of rotatable bonds is 8. The van der Waals surface area contributed by atoms with Crippen molar-refractivity contribution in [3.8, 4) is 5.75 Å². The highest BCUT2D eigenvalue weighted by Gasteiger charge is 1.97. The number of methoxy groups -OCH3 is 1. The quantitative estimate of drug-likeness (QED) is 0.602. The molecule has 0 saturated carbocycles. The zero-order chi connectivity index (χ0) is 16.3. The molecule has 0 saturated heterocycles. The van der Waals surface area contributed by atoms with Crippen LogP contribution in [-0.4, -0.2) is 26.2 Å². The standard InChI is InChI=1S/C19H21NO3/c1-22-14-13-20-19(21)12-9-16-7-10-18(11-8-16)23-15-17-5-3-2-4-6-17/h2-12H,13-15H2,1H3,(H,20,21)/b12-9+. The predicted molar refractivity (Wildman–Crippen MR) is 91.1 cm³/mol. The molecule has 0 spiro atoms. The monoisotopic (exact) mass is 311 g/mol. The molecule has 0 fully saturated rings. The molecule has 0 bridgehead atoms. The third-order valence-electron chi connectivity index (χ3n) is 3.16. The lowest BCUT2D eigenvalue weighted by molar-refractivity contribution is -0.116. The van der Waals surface area contributed by atoms with Crippen LogP contribution in [0.5, 0.6) is 5.75 Å². The summed E-state index contributed by atoms with van der Waals surface area (Å²) in [5, 5.41) is 2.73. The van der Waals surface area contributed by atoms with E-state index in [9.17, 15) is 4.79 Å². The number of nitrogens with one attached hydrogen (secondary N) is 1. The molecule has 0 aromatic heterocycles. The molecule has 2 rings (SSSR count). The van der Waals surface area contributed by atoms with E-state index in [0.717, 1.165) is 16.9 Å². The van der Waals surface area contributed by atoms with E-state index in [1.165, 1.54) is 6.08 Å². The molecule has 4 nitrogen and oxygen atoms in total. The molecule has 0 aliphatic heterocycles. The van der Waals surface area contributed by atoms with Gasteiger partial charge in [0.15, 0.2) is 0 Å². The van der Waals surface area contributed by atoms with E-state index in [0.29, 0.717) is 19.8 Å². The van der Waals surface area contributed by atoms with Gasteiger partial charge in [0.25, 0.3) is 0 Å². The summed E-state index contributed by atoms with van der Waals surface area (Å²) in [5.41, 5.74) is 2.07. The maximum Gasteiger partial charge on any atom is 0.244 e. The summed E-state index contributed by atoms with van der Waals surface area (Å²) in [5.74, 6) is 0.669. The Bertz CT molecular complexity index is 621. The van der Waals surface area contributed by atoms with Crippen LogP contribution < -0.4 is 10.1 Å². The van der Waals surface area contributed by atoms with Crippen LogP contribution in [0.3, 0.4) is 0 Å². The van der Waals surface area contributed by atoms with Crippen molar-refractivity contribution in [2.24, 2.45) is 0 Å². The molecule has 0 aliphatic carbocycles. The normalized spacial score (nSPS) is 10.7. The Balaban J connectivity index is 1.81. The minimum atomic E-state index is -0.133. The van der Waals surface area contributed by atoms with Crippen molar-refractivity contribution in [2.45, 2.75) is 6.61 Å². The SMILES string of the molecule is COCCNC(=O)/C=C/c1ccc(OCc2ccccc2)cc1. The van der Waals surface area contributed by atoms with Gasteiger partial charge in [-0.2, -0.15) is 0 Å². The molecule has 1 amide bonds. The van der Waals surface area contributed by atoms with Gasteiger partial charge < -0.3 is 14.8 Å². The number of carbonyl (C=O) groups excluding carboxylic acids is 1. The van der Waals surface area contributed by atoms with E-state index < -0.39 is 0 Å². The average Bonchev–Trinajstić information content (AvgIpc) is 2.60. The second-order valence-electron chi connectivity index (χ2n) is 4.96. The maximum atomic E-state index is 11.5. The minimum absolute atomic E-state index is 0.133. The van der Waals surface area contributed by atoms with Gasteiger partial charge in [0, 0.05) is 19.7 Å². The highest BCUT2D eigenvalue weighted by atomic mass is 16.5. The Morgan fingerprint density at radius 2 is 1.83 bits per heavy atom. The molecular formula is C19H21NO3. The third kappa shape index (κ3) is 6.36. The lowest BCUT2D eigenvalue weighted by Crippen LogP contribution is -2.24. The lowest BCUT2D eigenvalue weighted by Gasteiger charge is -2.06. The van der Waals surface area contributed by atoms with Gasteiger partial charge in [-0.1, -0.05) is 42.5 Å². The number of carbonyl (C=O) groups is 1. The Labute approximate surface area is 136 Å². The Morgan fingerprint density at radius 3 is 2.52 bits per heavy atom.